The summed E-state index contributed by atoms with van der Waals surface area (Å²) in [6, 6.07) is 2.11. The fourth-order valence-corrected chi connectivity index (χ4v) is 2.90. The van der Waals surface area contributed by atoms with Crippen LogP contribution in [0.15, 0.2) is 21.8 Å². The Morgan fingerprint density at radius 3 is 2.64 bits per heavy atom. The SMILES string of the molecule is CCNC(=NCC(C)c1ccsc1)NCCNS(C)(=O)=O.I. The Bertz CT molecular complexity index is 532. The van der Waals surface area contributed by atoms with Gasteiger partial charge in [-0.1, -0.05) is 6.92 Å². The van der Waals surface area contributed by atoms with E-state index in [2.05, 4.69) is 44.1 Å². The van der Waals surface area contributed by atoms with Crippen LogP contribution in [0.5, 0.6) is 0 Å². The second-order valence-electron chi connectivity index (χ2n) is 4.77. The summed E-state index contributed by atoms with van der Waals surface area (Å²) in [7, 11) is -3.14. The number of nitrogens with one attached hydrogen (secondary N) is 3. The zero-order valence-corrected chi connectivity index (χ0v) is 17.1. The van der Waals surface area contributed by atoms with Crippen molar-refractivity contribution in [3.8, 4) is 0 Å². The number of rotatable bonds is 8. The van der Waals surface area contributed by atoms with Gasteiger partial charge in [-0.15, -0.1) is 24.0 Å². The third-order valence-electron chi connectivity index (χ3n) is 2.76. The molecule has 0 aliphatic heterocycles. The van der Waals surface area contributed by atoms with E-state index in [4.69, 9.17) is 0 Å². The summed E-state index contributed by atoms with van der Waals surface area (Å²) in [4.78, 5) is 4.53. The number of sulfonamides is 1. The number of hydrogen-bond acceptors (Lipinski definition) is 4. The normalized spacial score (nSPS) is 13.3. The molecular weight excluding hydrogens is 435 g/mol. The predicted molar refractivity (Wildman–Crippen MR) is 105 cm³/mol. The molecule has 0 amide bonds. The number of thiophene rings is 1. The van der Waals surface area contributed by atoms with Crippen molar-refractivity contribution in [1.82, 2.24) is 15.4 Å². The summed E-state index contributed by atoms with van der Waals surface area (Å²) in [6.07, 6.45) is 1.15. The summed E-state index contributed by atoms with van der Waals surface area (Å²) in [6.45, 7) is 6.41. The van der Waals surface area contributed by atoms with Gasteiger partial charge in [-0.2, -0.15) is 11.3 Å². The average molecular weight is 460 g/mol. The van der Waals surface area contributed by atoms with Gasteiger partial charge in [-0.25, -0.2) is 13.1 Å². The zero-order chi connectivity index (χ0) is 15.7. The molecule has 0 saturated carbocycles. The van der Waals surface area contributed by atoms with Gasteiger partial charge in [0.1, 0.15) is 0 Å². The molecule has 0 saturated heterocycles. The maximum atomic E-state index is 11.0. The van der Waals surface area contributed by atoms with Gasteiger partial charge >= 0.3 is 0 Å². The first-order chi connectivity index (χ1) is 9.92. The van der Waals surface area contributed by atoms with Crippen LogP contribution in [0, 0.1) is 0 Å². The van der Waals surface area contributed by atoms with E-state index in [0.29, 0.717) is 31.5 Å². The molecule has 1 unspecified atom stereocenters. The zero-order valence-electron chi connectivity index (χ0n) is 13.1. The number of aliphatic imine (C=N–C) groups is 1. The Morgan fingerprint density at radius 2 is 2.09 bits per heavy atom. The van der Waals surface area contributed by atoms with Crippen LogP contribution in [0.4, 0.5) is 0 Å². The van der Waals surface area contributed by atoms with E-state index in [1.165, 1.54) is 5.56 Å². The molecule has 6 nitrogen and oxygen atoms in total. The first-order valence-corrected chi connectivity index (χ1v) is 9.74. The molecule has 128 valence electrons. The highest BCUT2D eigenvalue weighted by atomic mass is 127. The minimum Gasteiger partial charge on any atom is -0.357 e. The largest absolute Gasteiger partial charge is 0.357 e. The molecule has 0 spiro atoms. The van der Waals surface area contributed by atoms with E-state index in [1.54, 1.807) is 11.3 Å². The Labute approximate surface area is 154 Å². The highest BCUT2D eigenvalue weighted by Crippen LogP contribution is 2.18. The topological polar surface area (TPSA) is 82.6 Å². The van der Waals surface area contributed by atoms with Gasteiger partial charge in [0.25, 0.3) is 0 Å². The first kappa shape index (κ1) is 21.6. The number of guanidine groups is 1. The van der Waals surface area contributed by atoms with Crippen molar-refractivity contribution in [2.75, 3.05) is 32.4 Å². The molecule has 1 heterocycles. The Hall–Kier alpha value is -0.390. The lowest BCUT2D eigenvalue weighted by Crippen LogP contribution is -2.41. The molecule has 22 heavy (non-hydrogen) atoms. The molecule has 1 rings (SSSR count). The number of nitrogens with zero attached hydrogens (tertiary/aromatic N) is 1. The summed E-state index contributed by atoms with van der Waals surface area (Å²) in [5, 5.41) is 10.5. The van der Waals surface area contributed by atoms with Gasteiger partial charge in [0.15, 0.2) is 5.96 Å². The van der Waals surface area contributed by atoms with Crippen LogP contribution in [0.3, 0.4) is 0 Å². The Morgan fingerprint density at radius 1 is 1.36 bits per heavy atom. The molecule has 0 fully saturated rings. The van der Waals surface area contributed by atoms with E-state index in [1.807, 2.05) is 6.92 Å². The second kappa shape index (κ2) is 11.2. The van der Waals surface area contributed by atoms with Crippen molar-refractivity contribution in [2.24, 2.45) is 4.99 Å². The fourth-order valence-electron chi connectivity index (χ4n) is 1.65. The molecule has 0 radical (unpaired) electrons. The van der Waals surface area contributed by atoms with E-state index in [0.717, 1.165) is 12.8 Å². The number of hydrogen-bond donors (Lipinski definition) is 3. The van der Waals surface area contributed by atoms with E-state index < -0.39 is 10.0 Å². The van der Waals surface area contributed by atoms with Crippen LogP contribution >= 0.6 is 35.3 Å². The Balaban J connectivity index is 0.00000441. The van der Waals surface area contributed by atoms with Crippen LogP contribution in [0.2, 0.25) is 0 Å². The van der Waals surface area contributed by atoms with E-state index >= 15 is 0 Å². The van der Waals surface area contributed by atoms with E-state index in [-0.39, 0.29) is 24.0 Å². The molecule has 0 aliphatic carbocycles. The molecule has 0 aromatic carbocycles. The maximum absolute atomic E-state index is 11.0. The van der Waals surface area contributed by atoms with Crippen LogP contribution in [0.25, 0.3) is 0 Å². The minimum atomic E-state index is -3.14. The standard InChI is InChI=1S/C13H24N4O2S2.HI/c1-4-14-13(15-6-7-17-21(3,18)19)16-9-11(2)12-5-8-20-10-12;/h5,8,10-11,17H,4,6-7,9H2,1-3H3,(H2,14,15,16);1H. The second-order valence-corrected chi connectivity index (χ2v) is 7.38. The summed E-state index contributed by atoms with van der Waals surface area (Å²) < 4.78 is 24.4. The molecule has 9 heteroatoms. The number of halogens is 1. The monoisotopic (exact) mass is 460 g/mol. The van der Waals surface area contributed by atoms with Gasteiger partial charge in [-0.3, -0.25) is 4.99 Å². The maximum Gasteiger partial charge on any atom is 0.208 e. The smallest absolute Gasteiger partial charge is 0.208 e. The lowest BCUT2D eigenvalue weighted by atomic mass is 10.1. The third kappa shape index (κ3) is 9.59. The highest BCUT2D eigenvalue weighted by molar-refractivity contribution is 14.0. The predicted octanol–water partition coefficient (Wildman–Crippen LogP) is 1.57. The van der Waals surface area contributed by atoms with Crippen LogP contribution in [-0.4, -0.2) is 46.8 Å². The Kier molecular flexibility index (Phi) is 11.0. The summed E-state index contributed by atoms with van der Waals surface area (Å²) in [5.74, 6) is 1.07. The van der Waals surface area contributed by atoms with Crippen molar-refractivity contribution in [2.45, 2.75) is 19.8 Å². The van der Waals surface area contributed by atoms with Gasteiger partial charge in [-0.05, 0) is 29.3 Å². The quantitative estimate of drug-likeness (QED) is 0.238. The summed E-state index contributed by atoms with van der Waals surface area (Å²) in [5.41, 5.74) is 1.29. The van der Waals surface area contributed by atoms with Crippen LogP contribution < -0.4 is 15.4 Å². The highest BCUT2D eigenvalue weighted by Gasteiger charge is 2.06. The molecule has 1 aromatic heterocycles. The van der Waals surface area contributed by atoms with Gasteiger partial charge in [0.05, 0.1) is 6.26 Å². The van der Waals surface area contributed by atoms with Crippen molar-refractivity contribution in [3.63, 3.8) is 0 Å². The van der Waals surface area contributed by atoms with Crippen LogP contribution in [0.1, 0.15) is 25.3 Å². The first-order valence-electron chi connectivity index (χ1n) is 6.91. The van der Waals surface area contributed by atoms with E-state index in [9.17, 15) is 8.42 Å². The van der Waals surface area contributed by atoms with Crippen molar-refractivity contribution in [1.29, 1.82) is 0 Å². The average Bonchev–Trinajstić information content (AvgIpc) is 2.93. The molecule has 1 atom stereocenters. The third-order valence-corrected chi connectivity index (χ3v) is 4.19. The lowest BCUT2D eigenvalue weighted by molar-refractivity contribution is 0.586. The molecule has 1 aromatic rings. The lowest BCUT2D eigenvalue weighted by Gasteiger charge is -2.13. The van der Waals surface area contributed by atoms with Crippen molar-refractivity contribution >= 4 is 51.3 Å². The summed E-state index contributed by atoms with van der Waals surface area (Å²) >= 11 is 1.69. The van der Waals surface area contributed by atoms with Gasteiger partial charge in [0.2, 0.25) is 10.0 Å². The van der Waals surface area contributed by atoms with Crippen LogP contribution in [-0.2, 0) is 10.0 Å². The van der Waals surface area contributed by atoms with Crippen molar-refractivity contribution in [3.05, 3.63) is 22.4 Å². The van der Waals surface area contributed by atoms with Crippen molar-refractivity contribution < 1.29 is 8.42 Å². The van der Waals surface area contributed by atoms with Gasteiger partial charge in [0, 0.05) is 32.1 Å². The molecular formula is C13H25IN4O2S2. The molecule has 3 N–H and O–H groups in total. The molecule has 0 bridgehead atoms. The minimum absolute atomic E-state index is 0. The van der Waals surface area contributed by atoms with Gasteiger partial charge < -0.3 is 10.6 Å². The fraction of sp³-hybridized carbons (Fsp3) is 0.615. The molecule has 0 aliphatic rings.